The Morgan fingerprint density at radius 2 is 1.62 bits per heavy atom. The molecule has 7 nitrogen and oxygen atoms in total. The van der Waals surface area contributed by atoms with Gasteiger partial charge < -0.3 is 9.47 Å². The molecule has 1 aliphatic rings. The molecule has 1 aromatic heterocycles. The van der Waals surface area contributed by atoms with Gasteiger partial charge in [-0.15, -0.1) is 0 Å². The van der Waals surface area contributed by atoms with Crippen LogP contribution in [0, 0.1) is 13.8 Å². The minimum Gasteiger partial charge on any atom is -0.378 e. The number of benzene rings is 2. The fourth-order valence-corrected chi connectivity index (χ4v) is 3.66. The number of aryl methyl sites for hydroxylation is 1. The number of hydrogen-bond donors (Lipinski definition) is 1. The van der Waals surface area contributed by atoms with Crippen LogP contribution in [0.15, 0.2) is 66.4 Å². The quantitative estimate of drug-likeness (QED) is 0.506. The van der Waals surface area contributed by atoms with Crippen molar-refractivity contribution in [3.8, 4) is 5.69 Å². The predicted octanol–water partition coefficient (Wildman–Crippen LogP) is 3.83. The number of urea groups is 1. The average molecular weight is 428 g/mol. The fourth-order valence-electron chi connectivity index (χ4n) is 3.66. The van der Waals surface area contributed by atoms with Gasteiger partial charge in [-0.3, -0.25) is 14.9 Å². The molecule has 1 aliphatic heterocycles. The van der Waals surface area contributed by atoms with Gasteiger partial charge in [0.25, 0.3) is 11.8 Å². The molecule has 1 saturated heterocycles. The van der Waals surface area contributed by atoms with Gasteiger partial charge in [0.15, 0.2) is 0 Å². The van der Waals surface area contributed by atoms with Crippen LogP contribution in [-0.2, 0) is 9.59 Å². The number of carbonyl (C=O) groups is 3. The number of amides is 4. The molecule has 1 N–H and O–H groups in total. The van der Waals surface area contributed by atoms with Crippen LogP contribution >= 0.6 is 0 Å². The van der Waals surface area contributed by atoms with Crippen LogP contribution in [0.4, 0.5) is 16.2 Å². The summed E-state index contributed by atoms with van der Waals surface area (Å²) < 4.78 is 1.88. The molecule has 0 spiro atoms. The summed E-state index contributed by atoms with van der Waals surface area (Å²) in [5.41, 5.74) is 4.70. The first-order valence-corrected chi connectivity index (χ1v) is 10.2. The molecule has 0 saturated carbocycles. The van der Waals surface area contributed by atoms with Gasteiger partial charge in [0.05, 0.1) is 5.69 Å². The topological polar surface area (TPSA) is 74.7 Å². The Kier molecular flexibility index (Phi) is 5.40. The predicted molar refractivity (Wildman–Crippen MR) is 125 cm³/mol. The van der Waals surface area contributed by atoms with Gasteiger partial charge in [-0.25, -0.2) is 9.69 Å². The number of anilines is 2. The molecule has 0 bridgehead atoms. The lowest BCUT2D eigenvalue weighted by Crippen LogP contribution is -2.54. The standard InChI is InChI=1S/C25H24N4O3/c1-16-7-5-9-22(17(16)2)29-24(31)21(23(30)26-25(29)32)15-20-8-6-14-28(20)19-12-10-18(11-13-19)27(3)4/h5-15H,1-4H3,(H,26,30,32)/b21-15+. The molecule has 4 rings (SSSR count). The first-order chi connectivity index (χ1) is 15.3. The van der Waals surface area contributed by atoms with Crippen molar-refractivity contribution in [1.82, 2.24) is 9.88 Å². The van der Waals surface area contributed by atoms with Crippen molar-refractivity contribution in [1.29, 1.82) is 0 Å². The molecule has 4 amide bonds. The summed E-state index contributed by atoms with van der Waals surface area (Å²) in [6, 6.07) is 16.2. The number of nitrogens with zero attached hydrogens (tertiary/aromatic N) is 3. The van der Waals surface area contributed by atoms with Gasteiger partial charge in [-0.1, -0.05) is 12.1 Å². The number of aromatic nitrogens is 1. The summed E-state index contributed by atoms with van der Waals surface area (Å²) in [5.74, 6) is -1.36. The van der Waals surface area contributed by atoms with Crippen molar-refractivity contribution in [3.05, 3.63) is 83.2 Å². The van der Waals surface area contributed by atoms with Crippen LogP contribution in [0.5, 0.6) is 0 Å². The largest absolute Gasteiger partial charge is 0.378 e. The Morgan fingerprint density at radius 1 is 0.906 bits per heavy atom. The third-order valence-electron chi connectivity index (χ3n) is 5.64. The van der Waals surface area contributed by atoms with Crippen LogP contribution in [0.2, 0.25) is 0 Å². The van der Waals surface area contributed by atoms with Crippen LogP contribution in [0.25, 0.3) is 11.8 Å². The highest BCUT2D eigenvalue weighted by atomic mass is 16.2. The minimum absolute atomic E-state index is 0.102. The second-order valence-corrected chi connectivity index (χ2v) is 7.89. The Balaban J connectivity index is 1.74. The van der Waals surface area contributed by atoms with E-state index in [0.717, 1.165) is 27.4 Å². The fraction of sp³-hybridized carbons (Fsp3) is 0.160. The van der Waals surface area contributed by atoms with Gasteiger partial charge in [-0.05, 0) is 73.5 Å². The third kappa shape index (κ3) is 3.69. The van der Waals surface area contributed by atoms with E-state index in [1.54, 1.807) is 12.1 Å². The van der Waals surface area contributed by atoms with Crippen molar-refractivity contribution in [2.24, 2.45) is 0 Å². The minimum atomic E-state index is -0.750. The van der Waals surface area contributed by atoms with Crippen molar-refractivity contribution in [2.75, 3.05) is 23.9 Å². The highest BCUT2D eigenvalue weighted by molar-refractivity contribution is 6.39. The molecule has 3 aromatic rings. The Bertz CT molecular complexity index is 1250. The number of imide groups is 2. The van der Waals surface area contributed by atoms with Gasteiger partial charge in [0.1, 0.15) is 5.57 Å². The normalized spacial score (nSPS) is 15.3. The van der Waals surface area contributed by atoms with Crippen molar-refractivity contribution in [3.63, 3.8) is 0 Å². The van der Waals surface area contributed by atoms with Crippen LogP contribution in [0.1, 0.15) is 16.8 Å². The zero-order chi connectivity index (χ0) is 23.0. The number of rotatable bonds is 4. The molecule has 0 atom stereocenters. The molecular formula is C25H24N4O3. The Morgan fingerprint density at radius 3 is 2.31 bits per heavy atom. The van der Waals surface area contributed by atoms with Gasteiger partial charge in [-0.2, -0.15) is 0 Å². The van der Waals surface area contributed by atoms with Crippen LogP contribution < -0.4 is 15.1 Å². The number of carbonyl (C=O) groups excluding carboxylic acids is 3. The lowest BCUT2D eigenvalue weighted by atomic mass is 10.0. The molecular weight excluding hydrogens is 404 g/mol. The van der Waals surface area contributed by atoms with E-state index in [1.165, 1.54) is 6.08 Å². The maximum atomic E-state index is 13.3. The summed E-state index contributed by atoms with van der Waals surface area (Å²) >= 11 is 0. The maximum Gasteiger partial charge on any atom is 0.335 e. The van der Waals surface area contributed by atoms with E-state index in [1.807, 2.05) is 86.1 Å². The summed E-state index contributed by atoms with van der Waals surface area (Å²) in [4.78, 5) is 41.4. The van der Waals surface area contributed by atoms with E-state index >= 15 is 0 Å². The zero-order valence-electron chi connectivity index (χ0n) is 18.4. The summed E-state index contributed by atoms with van der Waals surface area (Å²) in [7, 11) is 3.94. The van der Waals surface area contributed by atoms with E-state index in [4.69, 9.17) is 0 Å². The first kappa shape index (κ1) is 21.1. The monoisotopic (exact) mass is 428 g/mol. The molecule has 0 radical (unpaired) electrons. The van der Waals surface area contributed by atoms with E-state index < -0.39 is 17.8 Å². The second kappa shape index (κ2) is 8.19. The molecule has 2 aromatic carbocycles. The van der Waals surface area contributed by atoms with Crippen molar-refractivity contribution in [2.45, 2.75) is 13.8 Å². The van der Waals surface area contributed by atoms with Crippen molar-refractivity contribution >= 4 is 35.3 Å². The van der Waals surface area contributed by atoms with Gasteiger partial charge in [0, 0.05) is 37.4 Å². The number of barbiturate groups is 1. The van der Waals surface area contributed by atoms with E-state index in [0.29, 0.717) is 11.4 Å². The number of nitrogens with one attached hydrogen (secondary N) is 1. The molecule has 1 fully saturated rings. The second-order valence-electron chi connectivity index (χ2n) is 7.89. The molecule has 0 aliphatic carbocycles. The summed E-state index contributed by atoms with van der Waals surface area (Å²) in [6.07, 6.45) is 3.37. The average Bonchev–Trinajstić information content (AvgIpc) is 3.22. The molecule has 32 heavy (non-hydrogen) atoms. The van der Waals surface area contributed by atoms with E-state index in [9.17, 15) is 14.4 Å². The smallest absolute Gasteiger partial charge is 0.335 e. The maximum absolute atomic E-state index is 13.3. The lowest BCUT2D eigenvalue weighted by molar-refractivity contribution is -0.122. The highest BCUT2D eigenvalue weighted by Crippen LogP contribution is 2.27. The van der Waals surface area contributed by atoms with Crippen molar-refractivity contribution < 1.29 is 14.4 Å². The van der Waals surface area contributed by atoms with E-state index in [2.05, 4.69) is 5.32 Å². The molecule has 0 unspecified atom stereocenters. The van der Waals surface area contributed by atoms with Crippen LogP contribution in [0.3, 0.4) is 0 Å². The number of hydrogen-bond acceptors (Lipinski definition) is 4. The van der Waals surface area contributed by atoms with Gasteiger partial charge >= 0.3 is 6.03 Å². The Labute approximate surface area is 186 Å². The van der Waals surface area contributed by atoms with Crippen LogP contribution in [-0.4, -0.2) is 36.5 Å². The highest BCUT2D eigenvalue weighted by Gasteiger charge is 2.37. The van der Waals surface area contributed by atoms with Gasteiger partial charge in [0.2, 0.25) is 0 Å². The summed E-state index contributed by atoms with van der Waals surface area (Å²) in [6.45, 7) is 3.75. The molecule has 162 valence electrons. The Hall–Kier alpha value is -4.13. The third-order valence-corrected chi connectivity index (χ3v) is 5.64. The van der Waals surface area contributed by atoms with E-state index in [-0.39, 0.29) is 5.57 Å². The lowest BCUT2D eigenvalue weighted by Gasteiger charge is -2.28. The zero-order valence-corrected chi connectivity index (χ0v) is 18.4. The molecule has 2 heterocycles. The SMILES string of the molecule is Cc1cccc(N2C(=O)NC(=O)/C(=C\c3cccn3-c3ccc(N(C)C)cc3)C2=O)c1C. The summed E-state index contributed by atoms with van der Waals surface area (Å²) in [5, 5.41) is 2.29. The first-order valence-electron chi connectivity index (χ1n) is 10.2. The molecule has 7 heteroatoms.